The van der Waals surface area contributed by atoms with Gasteiger partial charge < -0.3 is 4.42 Å². The van der Waals surface area contributed by atoms with Gasteiger partial charge in [0.15, 0.2) is 5.13 Å². The van der Waals surface area contributed by atoms with E-state index < -0.39 is 11.5 Å². The Kier molecular flexibility index (Phi) is 5.18. The van der Waals surface area contributed by atoms with Gasteiger partial charge in [0, 0.05) is 24.8 Å². The summed E-state index contributed by atoms with van der Waals surface area (Å²) >= 11 is 8.14. The van der Waals surface area contributed by atoms with Crippen LogP contribution in [0.4, 0.5) is 5.13 Å². The molecule has 4 rings (SSSR count). The summed E-state index contributed by atoms with van der Waals surface area (Å²) in [7, 11) is 0. The Bertz CT molecular complexity index is 1260. The van der Waals surface area contributed by atoms with Gasteiger partial charge in [0.1, 0.15) is 11.1 Å². The third-order valence-electron chi connectivity index (χ3n) is 4.07. The molecule has 0 bridgehead atoms. The topological polar surface area (TPSA) is 72.2 Å². The van der Waals surface area contributed by atoms with Crippen LogP contribution in [-0.2, 0) is 0 Å². The molecule has 140 valence electrons. The summed E-state index contributed by atoms with van der Waals surface area (Å²) in [5, 5.41) is 3.79. The van der Waals surface area contributed by atoms with Crippen molar-refractivity contribution in [1.82, 2.24) is 4.98 Å². The standard InChI is InChI=1S/C20H12Br2N2O3S/c1-10-17(11-2-4-13(21)5-3-11)23-20(28-10)24-18(25)15-9-12-8-14(22)6-7-16(12)27-19(15)26/h2-9H,1H3,(H,23,24,25). The third-order valence-corrected chi connectivity index (χ3v) is 5.98. The second kappa shape index (κ2) is 7.62. The van der Waals surface area contributed by atoms with Crippen molar-refractivity contribution in [2.75, 3.05) is 5.32 Å². The first-order valence-electron chi connectivity index (χ1n) is 8.19. The number of amides is 1. The van der Waals surface area contributed by atoms with Crippen LogP contribution in [0.25, 0.3) is 22.2 Å². The number of rotatable bonds is 3. The highest BCUT2D eigenvalue weighted by Gasteiger charge is 2.17. The van der Waals surface area contributed by atoms with Crippen molar-refractivity contribution >= 4 is 65.2 Å². The highest BCUT2D eigenvalue weighted by atomic mass is 79.9. The zero-order valence-corrected chi connectivity index (χ0v) is 18.4. The van der Waals surface area contributed by atoms with Gasteiger partial charge in [-0.15, -0.1) is 11.3 Å². The number of nitrogens with one attached hydrogen (secondary N) is 1. The van der Waals surface area contributed by atoms with Crippen LogP contribution in [0.5, 0.6) is 0 Å². The molecule has 0 saturated carbocycles. The van der Waals surface area contributed by atoms with E-state index in [1.54, 1.807) is 18.2 Å². The van der Waals surface area contributed by atoms with Crippen molar-refractivity contribution < 1.29 is 9.21 Å². The number of carbonyl (C=O) groups is 1. The predicted octanol–water partition coefficient (Wildman–Crippen LogP) is 6.00. The first kappa shape index (κ1) is 19.0. The van der Waals surface area contributed by atoms with Crippen LogP contribution < -0.4 is 10.9 Å². The summed E-state index contributed by atoms with van der Waals surface area (Å²) in [5.41, 5.74) is 1.42. The van der Waals surface area contributed by atoms with Crippen molar-refractivity contribution in [2.24, 2.45) is 0 Å². The van der Waals surface area contributed by atoms with Gasteiger partial charge in [-0.05, 0) is 43.3 Å². The highest BCUT2D eigenvalue weighted by molar-refractivity contribution is 9.10. The van der Waals surface area contributed by atoms with E-state index in [2.05, 4.69) is 42.2 Å². The van der Waals surface area contributed by atoms with E-state index in [0.717, 1.165) is 25.1 Å². The third kappa shape index (κ3) is 3.80. The van der Waals surface area contributed by atoms with Crippen LogP contribution >= 0.6 is 43.2 Å². The van der Waals surface area contributed by atoms with Crippen molar-refractivity contribution in [2.45, 2.75) is 6.92 Å². The summed E-state index contributed by atoms with van der Waals surface area (Å²) in [6.45, 7) is 1.94. The number of carbonyl (C=O) groups excluding carboxylic acids is 1. The molecule has 4 aromatic rings. The van der Waals surface area contributed by atoms with Crippen molar-refractivity contribution in [3.8, 4) is 11.3 Å². The van der Waals surface area contributed by atoms with Gasteiger partial charge >= 0.3 is 5.63 Å². The molecule has 2 heterocycles. The Morgan fingerprint density at radius 3 is 2.54 bits per heavy atom. The molecular weight excluding hydrogens is 508 g/mol. The molecule has 5 nitrogen and oxygen atoms in total. The minimum absolute atomic E-state index is 0.0661. The van der Waals surface area contributed by atoms with Gasteiger partial charge in [0.2, 0.25) is 0 Å². The number of hydrogen-bond donors (Lipinski definition) is 1. The Morgan fingerprint density at radius 2 is 1.79 bits per heavy atom. The molecule has 0 aliphatic carbocycles. The van der Waals surface area contributed by atoms with Crippen LogP contribution in [0.2, 0.25) is 0 Å². The summed E-state index contributed by atoms with van der Waals surface area (Å²) in [6, 6.07) is 14.5. The molecule has 2 aromatic heterocycles. The Labute approximate surface area is 180 Å². The van der Waals surface area contributed by atoms with Crippen molar-refractivity contribution in [1.29, 1.82) is 0 Å². The Balaban J connectivity index is 1.65. The van der Waals surface area contributed by atoms with Gasteiger partial charge in [-0.2, -0.15) is 0 Å². The lowest BCUT2D eigenvalue weighted by atomic mass is 10.1. The maximum absolute atomic E-state index is 12.6. The van der Waals surface area contributed by atoms with Crippen LogP contribution in [-0.4, -0.2) is 10.9 Å². The van der Waals surface area contributed by atoms with Crippen LogP contribution in [0.1, 0.15) is 15.2 Å². The number of aromatic nitrogens is 1. The Hall–Kier alpha value is -2.29. The first-order chi connectivity index (χ1) is 13.4. The molecule has 8 heteroatoms. The van der Waals surface area contributed by atoms with Crippen molar-refractivity contribution in [3.05, 3.63) is 78.3 Å². The van der Waals surface area contributed by atoms with Gasteiger partial charge in [-0.1, -0.05) is 44.0 Å². The minimum Gasteiger partial charge on any atom is -0.422 e. The van der Waals surface area contributed by atoms with Crippen LogP contribution in [0.3, 0.4) is 0 Å². The lowest BCUT2D eigenvalue weighted by molar-refractivity contribution is 0.102. The van der Waals surface area contributed by atoms with E-state index in [4.69, 9.17) is 4.42 Å². The lowest BCUT2D eigenvalue weighted by Crippen LogP contribution is -2.20. The fourth-order valence-electron chi connectivity index (χ4n) is 2.74. The number of anilines is 1. The molecule has 0 unspecified atom stereocenters. The van der Waals surface area contributed by atoms with Crippen LogP contribution in [0, 0.1) is 6.92 Å². The van der Waals surface area contributed by atoms with Crippen molar-refractivity contribution in [3.63, 3.8) is 0 Å². The summed E-state index contributed by atoms with van der Waals surface area (Å²) in [5.74, 6) is -0.549. The molecular formula is C20H12Br2N2O3S. The van der Waals surface area contributed by atoms with E-state index in [9.17, 15) is 9.59 Å². The fourth-order valence-corrected chi connectivity index (χ4v) is 4.22. The zero-order valence-electron chi connectivity index (χ0n) is 14.5. The summed E-state index contributed by atoms with van der Waals surface area (Å²) in [6.07, 6.45) is 0. The Morgan fingerprint density at radius 1 is 1.07 bits per heavy atom. The molecule has 1 N–H and O–H groups in total. The molecule has 0 aliphatic heterocycles. The first-order valence-corrected chi connectivity index (χ1v) is 10.6. The van der Waals surface area contributed by atoms with Gasteiger partial charge in [0.05, 0.1) is 5.69 Å². The number of nitrogens with zero attached hydrogens (tertiary/aromatic N) is 1. The number of hydrogen-bond acceptors (Lipinski definition) is 5. The molecule has 0 aliphatic rings. The monoisotopic (exact) mass is 518 g/mol. The molecule has 0 fully saturated rings. The number of aryl methyl sites for hydroxylation is 1. The zero-order chi connectivity index (χ0) is 19.8. The maximum atomic E-state index is 12.6. The predicted molar refractivity (Wildman–Crippen MR) is 118 cm³/mol. The maximum Gasteiger partial charge on any atom is 0.349 e. The smallest absolute Gasteiger partial charge is 0.349 e. The minimum atomic E-state index is -0.686. The molecule has 1 amide bonds. The largest absolute Gasteiger partial charge is 0.422 e. The quantitative estimate of drug-likeness (QED) is 0.337. The van der Waals surface area contributed by atoms with Crippen LogP contribution in [0.15, 0.2) is 66.7 Å². The van der Waals surface area contributed by atoms with E-state index in [1.807, 2.05) is 31.2 Å². The molecule has 0 radical (unpaired) electrons. The second-order valence-electron chi connectivity index (χ2n) is 6.01. The second-order valence-corrected chi connectivity index (χ2v) is 9.05. The van der Waals surface area contributed by atoms with E-state index in [-0.39, 0.29) is 5.56 Å². The molecule has 0 saturated heterocycles. The van der Waals surface area contributed by atoms with E-state index in [0.29, 0.717) is 16.1 Å². The number of thiazole rings is 1. The molecule has 0 atom stereocenters. The average Bonchev–Trinajstić information content (AvgIpc) is 3.02. The van der Waals surface area contributed by atoms with Gasteiger partial charge in [0.25, 0.3) is 5.91 Å². The number of benzene rings is 2. The molecule has 28 heavy (non-hydrogen) atoms. The fraction of sp³-hybridized carbons (Fsp3) is 0.0500. The summed E-state index contributed by atoms with van der Waals surface area (Å²) in [4.78, 5) is 30.3. The SMILES string of the molecule is Cc1sc(NC(=O)c2cc3cc(Br)ccc3oc2=O)nc1-c1ccc(Br)cc1. The average molecular weight is 520 g/mol. The molecule has 2 aromatic carbocycles. The number of fused-ring (bicyclic) bond motifs is 1. The summed E-state index contributed by atoms with van der Waals surface area (Å²) < 4.78 is 7.07. The molecule has 0 spiro atoms. The van der Waals surface area contributed by atoms with E-state index in [1.165, 1.54) is 17.4 Å². The normalized spacial score (nSPS) is 11.0. The number of halogens is 2. The lowest BCUT2D eigenvalue weighted by Gasteiger charge is -2.03. The van der Waals surface area contributed by atoms with Gasteiger partial charge in [-0.25, -0.2) is 9.78 Å². The van der Waals surface area contributed by atoms with E-state index >= 15 is 0 Å². The van der Waals surface area contributed by atoms with Gasteiger partial charge in [-0.3, -0.25) is 10.1 Å². The highest BCUT2D eigenvalue weighted by Crippen LogP contribution is 2.31.